The average Bonchev–Trinajstić information content (AvgIpc) is 2.94. The van der Waals surface area contributed by atoms with E-state index in [4.69, 9.17) is 4.42 Å². The molecule has 0 aliphatic carbocycles. The van der Waals surface area contributed by atoms with Crippen LogP contribution in [0, 0.1) is 5.82 Å². The van der Waals surface area contributed by atoms with Gasteiger partial charge >= 0.3 is 0 Å². The molecule has 0 aliphatic heterocycles. The van der Waals surface area contributed by atoms with Crippen LogP contribution in [0.3, 0.4) is 0 Å². The highest BCUT2D eigenvalue weighted by Gasteiger charge is 2.15. The predicted molar refractivity (Wildman–Crippen MR) is 80.1 cm³/mol. The number of furan rings is 1. The van der Waals surface area contributed by atoms with Crippen molar-refractivity contribution in [3.63, 3.8) is 0 Å². The van der Waals surface area contributed by atoms with Crippen LogP contribution >= 0.6 is 0 Å². The molecule has 1 aromatic carbocycles. The molecule has 0 saturated carbocycles. The average molecular weight is 291 g/mol. The van der Waals surface area contributed by atoms with Gasteiger partial charge in [0.2, 0.25) is 0 Å². The third-order valence-corrected chi connectivity index (χ3v) is 3.40. The largest absolute Gasteiger partial charge is 0.468 e. The van der Waals surface area contributed by atoms with E-state index in [1.807, 2.05) is 30.0 Å². The number of hydrogen-bond donors (Lipinski definition) is 1. The molecular formula is C17H22FNO2. The molecule has 1 N–H and O–H groups in total. The van der Waals surface area contributed by atoms with E-state index in [2.05, 4.69) is 0 Å². The number of hydrogen-bond acceptors (Lipinski definition) is 3. The van der Waals surface area contributed by atoms with Gasteiger partial charge in [0.15, 0.2) is 0 Å². The van der Waals surface area contributed by atoms with Crippen molar-refractivity contribution in [2.45, 2.75) is 39.0 Å². The quantitative estimate of drug-likeness (QED) is 0.807. The maximum Gasteiger partial charge on any atom is 0.127 e. The molecule has 0 radical (unpaired) electrons. The second kappa shape index (κ2) is 7.96. The van der Waals surface area contributed by atoms with Gasteiger partial charge in [-0.05, 0) is 24.6 Å². The van der Waals surface area contributed by atoms with Crippen LogP contribution in [-0.2, 0) is 13.1 Å². The molecule has 0 aliphatic rings. The maximum absolute atomic E-state index is 13.8. The first kappa shape index (κ1) is 15.7. The van der Waals surface area contributed by atoms with E-state index in [0.29, 0.717) is 25.2 Å². The second-order valence-electron chi connectivity index (χ2n) is 5.28. The van der Waals surface area contributed by atoms with Gasteiger partial charge in [0.25, 0.3) is 0 Å². The lowest BCUT2D eigenvalue weighted by atomic mass is 10.1. The van der Waals surface area contributed by atoms with E-state index < -0.39 is 6.10 Å². The van der Waals surface area contributed by atoms with Gasteiger partial charge in [0.1, 0.15) is 11.6 Å². The number of nitrogens with zero attached hydrogens (tertiary/aromatic N) is 1. The van der Waals surface area contributed by atoms with Crippen LogP contribution in [0.15, 0.2) is 47.1 Å². The summed E-state index contributed by atoms with van der Waals surface area (Å²) in [6.07, 6.45) is 2.89. The van der Waals surface area contributed by atoms with Gasteiger partial charge in [0.05, 0.1) is 18.9 Å². The molecule has 0 bridgehead atoms. The zero-order valence-electron chi connectivity index (χ0n) is 12.3. The van der Waals surface area contributed by atoms with Crippen molar-refractivity contribution in [1.82, 2.24) is 4.90 Å². The Morgan fingerprint density at radius 2 is 2.00 bits per heavy atom. The first-order valence-corrected chi connectivity index (χ1v) is 7.35. The molecule has 0 amide bonds. The van der Waals surface area contributed by atoms with Crippen molar-refractivity contribution in [1.29, 1.82) is 0 Å². The predicted octanol–water partition coefficient (Wildman–Crippen LogP) is 3.58. The minimum atomic E-state index is -0.406. The van der Waals surface area contributed by atoms with Crippen molar-refractivity contribution in [3.8, 4) is 0 Å². The fourth-order valence-corrected chi connectivity index (χ4v) is 2.40. The van der Waals surface area contributed by atoms with E-state index in [-0.39, 0.29) is 5.82 Å². The zero-order chi connectivity index (χ0) is 15.1. The molecular weight excluding hydrogens is 269 g/mol. The summed E-state index contributed by atoms with van der Waals surface area (Å²) in [5, 5.41) is 10.0. The fraction of sp³-hybridized carbons (Fsp3) is 0.412. The van der Waals surface area contributed by atoms with Crippen molar-refractivity contribution in [2.75, 3.05) is 6.54 Å². The summed E-state index contributed by atoms with van der Waals surface area (Å²) in [7, 11) is 0. The molecule has 0 fully saturated rings. The van der Waals surface area contributed by atoms with E-state index in [1.165, 1.54) is 6.07 Å². The fourth-order valence-electron chi connectivity index (χ4n) is 2.40. The van der Waals surface area contributed by atoms with Gasteiger partial charge < -0.3 is 9.52 Å². The lowest BCUT2D eigenvalue weighted by molar-refractivity contribution is 0.0926. The van der Waals surface area contributed by atoms with E-state index in [1.54, 1.807) is 18.4 Å². The van der Waals surface area contributed by atoms with Gasteiger partial charge in [-0.25, -0.2) is 4.39 Å². The highest BCUT2D eigenvalue weighted by Crippen LogP contribution is 2.14. The van der Waals surface area contributed by atoms with E-state index >= 15 is 0 Å². The van der Waals surface area contributed by atoms with Gasteiger partial charge in [-0.2, -0.15) is 0 Å². The smallest absolute Gasteiger partial charge is 0.127 e. The zero-order valence-corrected chi connectivity index (χ0v) is 12.3. The first-order valence-electron chi connectivity index (χ1n) is 7.35. The summed E-state index contributed by atoms with van der Waals surface area (Å²) >= 11 is 0. The van der Waals surface area contributed by atoms with Gasteiger partial charge in [-0.15, -0.1) is 0 Å². The SMILES string of the molecule is CCC[C@@H](O)CN(Cc1ccco1)Cc1ccccc1F. The van der Waals surface area contributed by atoms with E-state index in [0.717, 1.165) is 18.6 Å². The van der Waals surface area contributed by atoms with Gasteiger partial charge in [-0.1, -0.05) is 31.5 Å². The van der Waals surface area contributed by atoms with Gasteiger partial charge in [-0.3, -0.25) is 4.90 Å². The lowest BCUT2D eigenvalue weighted by Crippen LogP contribution is -2.31. The summed E-state index contributed by atoms with van der Waals surface area (Å²) < 4.78 is 19.2. The van der Waals surface area contributed by atoms with Crippen molar-refractivity contribution < 1.29 is 13.9 Å². The lowest BCUT2D eigenvalue weighted by Gasteiger charge is -2.24. The molecule has 1 atom stereocenters. The van der Waals surface area contributed by atoms with Crippen molar-refractivity contribution in [3.05, 3.63) is 59.8 Å². The van der Waals surface area contributed by atoms with Crippen molar-refractivity contribution >= 4 is 0 Å². The number of aliphatic hydroxyl groups is 1. The Morgan fingerprint density at radius 1 is 1.19 bits per heavy atom. The van der Waals surface area contributed by atoms with Crippen LogP contribution in [0.2, 0.25) is 0 Å². The molecule has 0 saturated heterocycles. The molecule has 0 spiro atoms. The number of rotatable bonds is 8. The summed E-state index contributed by atoms with van der Waals surface area (Å²) in [5.74, 6) is 0.599. The Balaban J connectivity index is 2.05. The summed E-state index contributed by atoms with van der Waals surface area (Å²) in [5.41, 5.74) is 0.632. The third-order valence-electron chi connectivity index (χ3n) is 3.40. The molecule has 2 rings (SSSR count). The number of aliphatic hydroxyl groups excluding tert-OH is 1. The minimum Gasteiger partial charge on any atom is -0.468 e. The first-order chi connectivity index (χ1) is 10.2. The minimum absolute atomic E-state index is 0.216. The highest BCUT2D eigenvalue weighted by molar-refractivity contribution is 5.17. The maximum atomic E-state index is 13.8. The Kier molecular flexibility index (Phi) is 5.96. The molecule has 0 unspecified atom stereocenters. The third kappa shape index (κ3) is 4.99. The van der Waals surface area contributed by atoms with Crippen LogP contribution in [0.25, 0.3) is 0 Å². The summed E-state index contributed by atoms with van der Waals surface area (Å²) in [6, 6.07) is 10.5. The molecule has 21 heavy (non-hydrogen) atoms. The normalized spacial score (nSPS) is 12.8. The monoisotopic (exact) mass is 291 g/mol. The van der Waals surface area contributed by atoms with Crippen molar-refractivity contribution in [2.24, 2.45) is 0 Å². The molecule has 4 heteroatoms. The molecule has 3 nitrogen and oxygen atoms in total. The second-order valence-corrected chi connectivity index (χ2v) is 5.28. The van der Waals surface area contributed by atoms with Crippen LogP contribution in [0.1, 0.15) is 31.1 Å². The van der Waals surface area contributed by atoms with E-state index in [9.17, 15) is 9.50 Å². The molecule has 1 heterocycles. The molecule has 114 valence electrons. The van der Waals surface area contributed by atoms with Crippen LogP contribution in [-0.4, -0.2) is 22.7 Å². The Hall–Kier alpha value is -1.65. The highest BCUT2D eigenvalue weighted by atomic mass is 19.1. The Labute approximate surface area is 125 Å². The summed E-state index contributed by atoms with van der Waals surface area (Å²) in [6.45, 7) is 3.55. The topological polar surface area (TPSA) is 36.6 Å². The Morgan fingerprint density at radius 3 is 2.67 bits per heavy atom. The number of halogens is 1. The van der Waals surface area contributed by atoms with Crippen LogP contribution in [0.4, 0.5) is 4.39 Å². The summed E-state index contributed by atoms with van der Waals surface area (Å²) in [4.78, 5) is 2.01. The number of benzene rings is 1. The Bertz CT molecular complexity index is 527. The van der Waals surface area contributed by atoms with Gasteiger partial charge in [0, 0.05) is 18.7 Å². The molecule has 1 aromatic heterocycles. The standard InChI is InChI=1S/C17H22FNO2/c1-2-6-15(20)12-19(13-16-8-5-10-21-16)11-14-7-3-4-9-17(14)18/h3-5,7-10,15,20H,2,6,11-13H2,1H3/t15-/m1/s1. The van der Waals surface area contributed by atoms with Crippen LogP contribution in [0.5, 0.6) is 0 Å². The van der Waals surface area contributed by atoms with Crippen LogP contribution < -0.4 is 0 Å². The molecule has 2 aromatic rings.